The Hall–Kier alpha value is -5.62. The quantitative estimate of drug-likeness (QED) is 0.176. The number of carbonyl (C=O) groups excluding carboxylic acids is 5. The van der Waals surface area contributed by atoms with Gasteiger partial charge in [0, 0.05) is 46.6 Å². The fourth-order valence-corrected chi connectivity index (χ4v) is 6.85. The minimum atomic E-state index is -1.02. The van der Waals surface area contributed by atoms with Crippen LogP contribution in [0.1, 0.15) is 62.1 Å². The normalized spacial score (nSPS) is 16.7. The zero-order valence-electron chi connectivity index (χ0n) is 24.8. The molecule has 5 heterocycles. The topological polar surface area (TPSA) is 152 Å². The van der Waals surface area contributed by atoms with Gasteiger partial charge in [-0.05, 0) is 53.9 Å². The third-order valence-corrected chi connectivity index (χ3v) is 9.26. The predicted molar refractivity (Wildman–Crippen MR) is 171 cm³/mol. The molecule has 0 spiro atoms. The molecule has 7 rings (SSSR count). The maximum absolute atomic E-state index is 13.4. The molecule has 2 aromatic carbocycles. The van der Waals surface area contributed by atoms with Crippen molar-refractivity contribution >= 4 is 52.4 Å². The summed E-state index contributed by atoms with van der Waals surface area (Å²) in [6.07, 6.45) is 5.32. The molecule has 47 heavy (non-hydrogen) atoms. The van der Waals surface area contributed by atoms with Crippen LogP contribution in [0.4, 0.5) is 0 Å². The minimum absolute atomic E-state index is 0.0627. The zero-order valence-corrected chi connectivity index (χ0v) is 25.7. The van der Waals surface area contributed by atoms with E-state index in [1.54, 1.807) is 42.9 Å². The second-order valence-corrected chi connectivity index (χ2v) is 12.3. The molecule has 2 aliphatic rings. The number of pyridine rings is 2. The van der Waals surface area contributed by atoms with Crippen molar-refractivity contribution in [2.75, 3.05) is 0 Å². The summed E-state index contributed by atoms with van der Waals surface area (Å²) in [6, 6.07) is 20.4. The molecule has 5 amide bonds. The van der Waals surface area contributed by atoms with E-state index in [4.69, 9.17) is 4.42 Å². The molecule has 0 saturated carbocycles. The van der Waals surface area contributed by atoms with Crippen LogP contribution in [0.25, 0.3) is 11.1 Å². The number of benzene rings is 2. The molecule has 0 aliphatic carbocycles. The summed E-state index contributed by atoms with van der Waals surface area (Å²) in [5.74, 6) is -1.26. The van der Waals surface area contributed by atoms with Gasteiger partial charge in [0.05, 0.1) is 17.5 Å². The fraction of sp³-hybridized carbons (Fsp3) is 0.171. The number of nitrogens with one attached hydrogen (secondary N) is 2. The lowest BCUT2D eigenvalue weighted by Crippen LogP contribution is -2.54. The maximum atomic E-state index is 13.4. The van der Waals surface area contributed by atoms with Crippen molar-refractivity contribution in [1.82, 2.24) is 25.5 Å². The Morgan fingerprint density at radius 1 is 0.979 bits per heavy atom. The minimum Gasteiger partial charge on any atom is -0.440 e. The highest BCUT2D eigenvalue weighted by molar-refractivity contribution is 7.98. The molecule has 1 saturated heterocycles. The van der Waals surface area contributed by atoms with Gasteiger partial charge in [-0.25, -0.2) is 4.98 Å². The number of furan rings is 1. The fourth-order valence-electron chi connectivity index (χ4n) is 5.82. The molecule has 12 heteroatoms. The second-order valence-electron chi connectivity index (χ2n) is 11.2. The molecule has 1 fully saturated rings. The summed E-state index contributed by atoms with van der Waals surface area (Å²) < 4.78 is 5.97. The number of hydrogen-bond acceptors (Lipinski definition) is 9. The lowest BCUT2D eigenvalue weighted by atomic mass is 10.0. The van der Waals surface area contributed by atoms with E-state index in [9.17, 15) is 24.0 Å². The van der Waals surface area contributed by atoms with Gasteiger partial charge < -0.3 is 9.73 Å². The molecule has 3 aromatic heterocycles. The van der Waals surface area contributed by atoms with Crippen LogP contribution in [-0.4, -0.2) is 50.4 Å². The summed E-state index contributed by atoms with van der Waals surface area (Å²) in [6.45, 7) is 0. The van der Waals surface area contributed by atoms with Crippen LogP contribution >= 0.6 is 11.8 Å². The summed E-state index contributed by atoms with van der Waals surface area (Å²) in [7, 11) is 0. The van der Waals surface area contributed by atoms with Crippen LogP contribution in [0.15, 0.2) is 101 Å². The molecule has 5 aromatic rings. The van der Waals surface area contributed by atoms with E-state index in [-0.39, 0.29) is 36.3 Å². The van der Waals surface area contributed by atoms with Crippen LogP contribution in [0, 0.1) is 0 Å². The predicted octanol–water partition coefficient (Wildman–Crippen LogP) is 4.36. The smallest absolute Gasteiger partial charge is 0.263 e. The average molecular weight is 646 g/mol. The van der Waals surface area contributed by atoms with Gasteiger partial charge in [-0.3, -0.25) is 39.2 Å². The molecule has 2 N–H and O–H groups in total. The van der Waals surface area contributed by atoms with E-state index in [1.165, 1.54) is 11.8 Å². The highest BCUT2D eigenvalue weighted by Gasteiger charge is 2.45. The van der Waals surface area contributed by atoms with Crippen molar-refractivity contribution < 1.29 is 28.4 Å². The van der Waals surface area contributed by atoms with Crippen LogP contribution in [0.2, 0.25) is 0 Å². The van der Waals surface area contributed by atoms with Crippen molar-refractivity contribution in [2.45, 2.75) is 42.0 Å². The van der Waals surface area contributed by atoms with Crippen LogP contribution < -0.4 is 10.6 Å². The summed E-state index contributed by atoms with van der Waals surface area (Å²) >= 11 is 1.40. The first-order valence-electron chi connectivity index (χ1n) is 14.9. The standard InChI is InChI=1S/C35H27N5O6S/c41-28-13-12-25(32(43)39-28)40-34(44)24-6-1-7-27(30(24)35(40)45)47-19-21-10-8-20(9-11-21)16-29(42)38-31(23-5-2-14-36-18-23)26-17-22-4-3-15-37-33(22)46-26/h1-11,14-15,17-18,25,31H,12-13,16,19H2,(H,38,42)(H,39,41,43). The van der Waals surface area contributed by atoms with E-state index < -0.39 is 35.7 Å². The van der Waals surface area contributed by atoms with E-state index in [0.29, 0.717) is 22.1 Å². The summed E-state index contributed by atoms with van der Waals surface area (Å²) in [5.41, 5.74) is 3.55. The van der Waals surface area contributed by atoms with Gasteiger partial charge in [0.25, 0.3) is 11.8 Å². The Balaban J connectivity index is 1.01. The highest BCUT2D eigenvalue weighted by atomic mass is 32.2. The Morgan fingerprint density at radius 2 is 1.79 bits per heavy atom. The lowest BCUT2D eigenvalue weighted by molar-refractivity contribution is -0.136. The van der Waals surface area contributed by atoms with Crippen LogP contribution in [-0.2, 0) is 26.6 Å². The third-order valence-electron chi connectivity index (χ3n) is 8.13. The van der Waals surface area contributed by atoms with E-state index >= 15 is 0 Å². The highest BCUT2D eigenvalue weighted by Crippen LogP contribution is 2.36. The summed E-state index contributed by atoms with van der Waals surface area (Å²) in [5, 5.41) is 6.13. The molecule has 2 atom stereocenters. The van der Waals surface area contributed by atoms with Crippen molar-refractivity contribution in [3.05, 3.63) is 125 Å². The average Bonchev–Trinajstić information content (AvgIpc) is 3.62. The number of amides is 5. The maximum Gasteiger partial charge on any atom is 0.263 e. The number of piperidine rings is 1. The van der Waals surface area contributed by atoms with E-state index in [1.807, 2.05) is 48.5 Å². The monoisotopic (exact) mass is 645 g/mol. The van der Waals surface area contributed by atoms with Gasteiger partial charge in [0.1, 0.15) is 17.8 Å². The second kappa shape index (κ2) is 12.6. The summed E-state index contributed by atoms with van der Waals surface area (Å²) in [4.78, 5) is 73.8. The largest absolute Gasteiger partial charge is 0.440 e. The molecular formula is C35H27N5O6S. The molecule has 2 aliphatic heterocycles. The molecule has 2 unspecified atom stereocenters. The van der Waals surface area contributed by atoms with Gasteiger partial charge in [0.2, 0.25) is 23.4 Å². The van der Waals surface area contributed by atoms with Gasteiger partial charge in [-0.1, -0.05) is 36.4 Å². The van der Waals surface area contributed by atoms with E-state index in [2.05, 4.69) is 20.6 Å². The first-order chi connectivity index (χ1) is 22.9. The number of hydrogen-bond donors (Lipinski definition) is 2. The van der Waals surface area contributed by atoms with Crippen LogP contribution in [0.5, 0.6) is 0 Å². The van der Waals surface area contributed by atoms with Crippen LogP contribution in [0.3, 0.4) is 0 Å². The number of nitrogens with zero attached hydrogens (tertiary/aromatic N) is 3. The third kappa shape index (κ3) is 6.02. The first-order valence-corrected chi connectivity index (χ1v) is 15.9. The zero-order chi connectivity index (χ0) is 32.5. The van der Waals surface area contributed by atoms with Gasteiger partial charge in [-0.15, -0.1) is 11.8 Å². The Kier molecular flexibility index (Phi) is 8.08. The number of thioether (sulfide) groups is 1. The SMILES string of the molecule is O=C1CCC(N2C(=O)c3cccc(SCc4ccc(CC(=O)NC(c5cccnc5)c5cc6cccnc6o5)cc4)c3C2=O)C(=O)N1. The first kappa shape index (κ1) is 30.1. The number of carbonyl (C=O) groups is 5. The van der Waals surface area contributed by atoms with E-state index in [0.717, 1.165) is 27.0 Å². The van der Waals surface area contributed by atoms with Gasteiger partial charge in [0.15, 0.2) is 0 Å². The molecule has 0 bridgehead atoms. The molecule has 234 valence electrons. The van der Waals surface area contributed by atoms with Crippen molar-refractivity contribution in [3.63, 3.8) is 0 Å². The number of rotatable bonds is 9. The number of aromatic nitrogens is 2. The van der Waals surface area contributed by atoms with Gasteiger partial charge >= 0.3 is 0 Å². The van der Waals surface area contributed by atoms with Crippen molar-refractivity contribution in [2.24, 2.45) is 0 Å². The number of fused-ring (bicyclic) bond motifs is 2. The Bertz CT molecular complexity index is 2010. The van der Waals surface area contributed by atoms with Gasteiger partial charge in [-0.2, -0.15) is 0 Å². The molecule has 0 radical (unpaired) electrons. The molecular weight excluding hydrogens is 618 g/mol. The molecule has 11 nitrogen and oxygen atoms in total. The Labute approximate surface area is 272 Å². The number of imide groups is 2. The van der Waals surface area contributed by atoms with Crippen molar-refractivity contribution in [1.29, 1.82) is 0 Å². The lowest BCUT2D eigenvalue weighted by Gasteiger charge is -2.27. The van der Waals surface area contributed by atoms with Crippen molar-refractivity contribution in [3.8, 4) is 0 Å². The Morgan fingerprint density at radius 3 is 2.55 bits per heavy atom.